The number of benzene rings is 1. The van der Waals surface area contributed by atoms with Crippen molar-refractivity contribution in [1.29, 1.82) is 0 Å². The molecule has 0 unspecified atom stereocenters. The molecule has 3 aliphatic heterocycles. The maximum Gasteiger partial charge on any atom is 0.253 e. The molecule has 2 aromatic rings. The van der Waals surface area contributed by atoms with Crippen LogP contribution in [0.2, 0.25) is 0 Å². The fourth-order valence-corrected chi connectivity index (χ4v) is 4.27. The molecular formula is C20H29ClN4O2. The van der Waals surface area contributed by atoms with Crippen LogP contribution in [0.5, 0.6) is 0 Å². The van der Waals surface area contributed by atoms with Gasteiger partial charge in [-0.1, -0.05) is 19.9 Å². The normalized spacial score (nSPS) is 24.6. The van der Waals surface area contributed by atoms with Gasteiger partial charge in [0.1, 0.15) is 5.52 Å². The van der Waals surface area contributed by atoms with E-state index in [2.05, 4.69) is 15.2 Å². The van der Waals surface area contributed by atoms with Gasteiger partial charge in [-0.2, -0.15) is 0 Å². The molecule has 0 spiro atoms. The molecule has 1 aromatic carbocycles. The van der Waals surface area contributed by atoms with E-state index in [9.17, 15) is 4.79 Å². The number of nitrogens with zero attached hydrogens (tertiary/aromatic N) is 2. The van der Waals surface area contributed by atoms with E-state index < -0.39 is 5.54 Å². The SMILES string of the molecule is CCC(N)(CC)c1nc2c(C(=O)N[C@@H]3CN4CCC3CC4)cccc2o1.Cl. The summed E-state index contributed by atoms with van der Waals surface area (Å²) < 4.78 is 5.92. The number of aromatic nitrogens is 1. The molecule has 1 amide bonds. The molecule has 6 nitrogen and oxygen atoms in total. The first-order chi connectivity index (χ1) is 12.5. The number of fused-ring (bicyclic) bond motifs is 4. The van der Waals surface area contributed by atoms with E-state index in [1.165, 1.54) is 12.8 Å². The van der Waals surface area contributed by atoms with Crippen molar-refractivity contribution < 1.29 is 9.21 Å². The Labute approximate surface area is 166 Å². The van der Waals surface area contributed by atoms with Gasteiger partial charge in [-0.25, -0.2) is 4.98 Å². The molecule has 4 heterocycles. The van der Waals surface area contributed by atoms with Crippen molar-refractivity contribution in [3.63, 3.8) is 0 Å². The van der Waals surface area contributed by atoms with Gasteiger partial charge in [-0.3, -0.25) is 4.79 Å². The van der Waals surface area contributed by atoms with Crippen LogP contribution in [0.25, 0.3) is 11.1 Å². The van der Waals surface area contributed by atoms with Gasteiger partial charge in [0.2, 0.25) is 5.89 Å². The number of rotatable bonds is 5. The minimum atomic E-state index is -0.595. The lowest BCUT2D eigenvalue weighted by atomic mass is 9.84. The molecule has 3 N–H and O–H groups in total. The van der Waals surface area contributed by atoms with Crippen molar-refractivity contribution in [3.8, 4) is 0 Å². The molecular weight excluding hydrogens is 364 g/mol. The Bertz CT molecular complexity index is 809. The highest BCUT2D eigenvalue weighted by Gasteiger charge is 2.35. The number of nitrogens with two attached hydrogens (primary N) is 1. The van der Waals surface area contributed by atoms with Crippen LogP contribution in [0.15, 0.2) is 22.6 Å². The van der Waals surface area contributed by atoms with Crippen molar-refractivity contribution in [3.05, 3.63) is 29.7 Å². The highest BCUT2D eigenvalue weighted by molar-refractivity contribution is 6.04. The summed E-state index contributed by atoms with van der Waals surface area (Å²) in [6, 6.07) is 5.74. The monoisotopic (exact) mass is 392 g/mol. The number of carbonyl (C=O) groups is 1. The first-order valence-corrected chi connectivity index (χ1v) is 9.76. The van der Waals surface area contributed by atoms with E-state index in [0.717, 1.165) is 32.5 Å². The standard InChI is InChI=1S/C20H28N4O2.ClH/c1-3-20(21,4-2)19-23-17-14(6-5-7-16(17)26-19)18(25)22-15-12-24-10-8-13(15)9-11-24;/h5-7,13,15H,3-4,8-12,21H2,1-2H3,(H,22,25);1H/t15-;/m1./s1. The van der Waals surface area contributed by atoms with Crippen molar-refractivity contribution >= 4 is 29.4 Å². The van der Waals surface area contributed by atoms with Crippen molar-refractivity contribution in [2.45, 2.75) is 51.1 Å². The van der Waals surface area contributed by atoms with Crippen LogP contribution in [-0.2, 0) is 5.54 Å². The maximum absolute atomic E-state index is 13.0. The van der Waals surface area contributed by atoms with E-state index in [0.29, 0.717) is 28.5 Å². The van der Waals surface area contributed by atoms with Crippen LogP contribution in [-0.4, -0.2) is 41.5 Å². The molecule has 3 fully saturated rings. The smallest absolute Gasteiger partial charge is 0.253 e. The quantitative estimate of drug-likeness (QED) is 0.816. The van der Waals surface area contributed by atoms with Crippen LogP contribution in [0.1, 0.15) is 55.8 Å². The maximum atomic E-state index is 13.0. The molecule has 27 heavy (non-hydrogen) atoms. The highest BCUT2D eigenvalue weighted by atomic mass is 35.5. The van der Waals surface area contributed by atoms with E-state index in [4.69, 9.17) is 10.2 Å². The number of oxazole rings is 1. The molecule has 1 aromatic heterocycles. The zero-order valence-corrected chi connectivity index (χ0v) is 16.8. The summed E-state index contributed by atoms with van der Waals surface area (Å²) >= 11 is 0. The second kappa shape index (κ2) is 7.78. The number of amides is 1. The molecule has 0 saturated carbocycles. The van der Waals surface area contributed by atoms with Gasteiger partial charge >= 0.3 is 0 Å². The lowest BCUT2D eigenvalue weighted by Crippen LogP contribution is -2.57. The van der Waals surface area contributed by atoms with E-state index in [-0.39, 0.29) is 24.4 Å². The Morgan fingerprint density at radius 2 is 2.04 bits per heavy atom. The fourth-order valence-electron chi connectivity index (χ4n) is 4.27. The summed E-state index contributed by atoms with van der Waals surface area (Å²) in [7, 11) is 0. The topological polar surface area (TPSA) is 84.4 Å². The van der Waals surface area contributed by atoms with Gasteiger partial charge in [-0.15, -0.1) is 12.4 Å². The first kappa shape index (κ1) is 20.1. The van der Waals surface area contributed by atoms with E-state index in [1.54, 1.807) is 0 Å². The summed E-state index contributed by atoms with van der Waals surface area (Å²) in [4.78, 5) is 20.0. The molecule has 148 valence electrons. The summed E-state index contributed by atoms with van der Waals surface area (Å²) in [5.41, 5.74) is 7.65. The Morgan fingerprint density at radius 1 is 1.33 bits per heavy atom. The third-order valence-electron chi connectivity index (χ3n) is 6.32. The van der Waals surface area contributed by atoms with Gasteiger partial charge in [0.15, 0.2) is 5.58 Å². The largest absolute Gasteiger partial charge is 0.439 e. The summed E-state index contributed by atoms with van der Waals surface area (Å²) in [6.07, 6.45) is 3.81. The van der Waals surface area contributed by atoms with E-state index >= 15 is 0 Å². The van der Waals surface area contributed by atoms with Gasteiger partial charge in [-0.05, 0) is 56.8 Å². The van der Waals surface area contributed by atoms with Crippen molar-refractivity contribution in [2.24, 2.45) is 11.7 Å². The lowest BCUT2D eigenvalue weighted by Gasteiger charge is -2.44. The zero-order valence-electron chi connectivity index (χ0n) is 16.0. The number of hydrogen-bond donors (Lipinski definition) is 2. The number of para-hydroxylation sites is 1. The second-order valence-electron chi connectivity index (χ2n) is 7.75. The molecule has 2 bridgehead atoms. The molecule has 1 atom stereocenters. The summed E-state index contributed by atoms with van der Waals surface area (Å²) in [5, 5.41) is 3.24. The van der Waals surface area contributed by atoms with Crippen LogP contribution < -0.4 is 11.1 Å². The summed E-state index contributed by atoms with van der Waals surface area (Å²) in [5.74, 6) is 1.04. The number of carbonyl (C=O) groups excluding carboxylic acids is 1. The molecule has 7 heteroatoms. The van der Waals surface area contributed by atoms with Crippen LogP contribution in [0, 0.1) is 5.92 Å². The number of nitrogens with one attached hydrogen (secondary N) is 1. The Kier molecular flexibility index (Phi) is 5.79. The van der Waals surface area contributed by atoms with Crippen LogP contribution >= 0.6 is 12.4 Å². The summed E-state index contributed by atoms with van der Waals surface area (Å²) in [6.45, 7) is 7.32. The van der Waals surface area contributed by atoms with Gasteiger partial charge in [0, 0.05) is 12.6 Å². The number of halogens is 1. The highest BCUT2D eigenvalue weighted by Crippen LogP contribution is 2.31. The molecule has 3 aliphatic rings. The molecule has 0 aliphatic carbocycles. The molecule has 3 saturated heterocycles. The zero-order chi connectivity index (χ0) is 18.3. The average Bonchev–Trinajstić information content (AvgIpc) is 3.13. The van der Waals surface area contributed by atoms with Crippen molar-refractivity contribution in [2.75, 3.05) is 19.6 Å². The van der Waals surface area contributed by atoms with E-state index in [1.807, 2.05) is 32.0 Å². The van der Waals surface area contributed by atoms with Crippen LogP contribution in [0.4, 0.5) is 0 Å². The minimum absolute atomic E-state index is 0. The number of hydrogen-bond acceptors (Lipinski definition) is 5. The predicted molar refractivity (Wildman–Crippen MR) is 108 cm³/mol. The minimum Gasteiger partial charge on any atom is -0.439 e. The Hall–Kier alpha value is -1.63. The third kappa shape index (κ3) is 3.58. The average molecular weight is 393 g/mol. The Morgan fingerprint density at radius 3 is 2.63 bits per heavy atom. The fraction of sp³-hybridized carbons (Fsp3) is 0.600. The van der Waals surface area contributed by atoms with Crippen LogP contribution in [0.3, 0.4) is 0 Å². The molecule has 5 rings (SSSR count). The number of piperidine rings is 3. The molecule has 0 radical (unpaired) electrons. The van der Waals surface area contributed by atoms with Gasteiger partial charge in [0.05, 0.1) is 11.1 Å². The Balaban J connectivity index is 0.00000210. The first-order valence-electron chi connectivity index (χ1n) is 9.76. The predicted octanol–water partition coefficient (Wildman–Crippen LogP) is 3.05. The third-order valence-corrected chi connectivity index (χ3v) is 6.32. The second-order valence-corrected chi connectivity index (χ2v) is 7.75. The lowest BCUT2D eigenvalue weighted by molar-refractivity contribution is 0.0621. The van der Waals surface area contributed by atoms with Gasteiger partial charge in [0.25, 0.3) is 5.91 Å². The van der Waals surface area contributed by atoms with Crippen molar-refractivity contribution in [1.82, 2.24) is 15.2 Å². The van der Waals surface area contributed by atoms with Gasteiger partial charge < -0.3 is 20.4 Å².